The number of ether oxygens (including phenoxy) is 1. The van der Waals surface area contributed by atoms with Crippen molar-refractivity contribution in [2.24, 2.45) is 11.7 Å². The van der Waals surface area contributed by atoms with Crippen molar-refractivity contribution in [1.82, 2.24) is 0 Å². The largest absolute Gasteiger partial charge is 0.465 e. The zero-order chi connectivity index (χ0) is 8.85. The third kappa shape index (κ3) is 4.57. The van der Waals surface area contributed by atoms with Crippen molar-refractivity contribution in [2.75, 3.05) is 6.61 Å². The summed E-state index contributed by atoms with van der Waals surface area (Å²) in [6, 6.07) is -0.458. The van der Waals surface area contributed by atoms with Gasteiger partial charge in [-0.2, -0.15) is 0 Å². The van der Waals surface area contributed by atoms with Gasteiger partial charge in [-0.15, -0.1) is 12.4 Å². The van der Waals surface area contributed by atoms with Crippen LogP contribution in [0.4, 0.5) is 0 Å². The van der Waals surface area contributed by atoms with E-state index >= 15 is 0 Å². The normalized spacial score (nSPS) is 14.3. The molecule has 2 unspecified atom stereocenters. The summed E-state index contributed by atoms with van der Waals surface area (Å²) in [5.74, 6) is -0.0871. The molecule has 0 radical (unpaired) electrons. The number of halogens is 1. The summed E-state index contributed by atoms with van der Waals surface area (Å²) < 4.78 is 4.76. The van der Waals surface area contributed by atoms with Gasteiger partial charge in [-0.1, -0.05) is 20.3 Å². The molecule has 0 saturated heterocycles. The molecule has 0 aliphatic heterocycles. The Morgan fingerprint density at radius 1 is 1.50 bits per heavy atom. The van der Waals surface area contributed by atoms with E-state index < -0.39 is 6.04 Å². The fourth-order valence-electron chi connectivity index (χ4n) is 0.725. The van der Waals surface area contributed by atoms with Crippen LogP contribution in [0.5, 0.6) is 0 Å². The second-order valence-corrected chi connectivity index (χ2v) is 2.66. The van der Waals surface area contributed by atoms with Gasteiger partial charge in [0.25, 0.3) is 0 Å². The molecule has 74 valence electrons. The maximum Gasteiger partial charge on any atom is 0.323 e. The second-order valence-electron chi connectivity index (χ2n) is 2.66. The minimum absolute atomic E-state index is 0. The van der Waals surface area contributed by atoms with E-state index in [2.05, 4.69) is 0 Å². The highest BCUT2D eigenvalue weighted by Gasteiger charge is 2.19. The van der Waals surface area contributed by atoms with Gasteiger partial charge in [0.05, 0.1) is 6.61 Å². The molecule has 0 heterocycles. The minimum Gasteiger partial charge on any atom is -0.465 e. The number of carbonyl (C=O) groups is 1. The fourth-order valence-corrected chi connectivity index (χ4v) is 0.725. The Balaban J connectivity index is 0. The average Bonchev–Trinajstić information content (AvgIpc) is 2.02. The summed E-state index contributed by atoms with van der Waals surface area (Å²) in [5, 5.41) is 0. The molecule has 0 amide bonds. The van der Waals surface area contributed by atoms with E-state index in [1.165, 1.54) is 0 Å². The van der Waals surface area contributed by atoms with E-state index in [0.717, 1.165) is 6.42 Å². The molecule has 3 nitrogen and oxygen atoms in total. The van der Waals surface area contributed by atoms with Crippen molar-refractivity contribution in [3.63, 3.8) is 0 Å². The molecule has 4 heteroatoms. The third-order valence-electron chi connectivity index (χ3n) is 1.82. The Bertz CT molecular complexity index is 130. The van der Waals surface area contributed by atoms with Crippen molar-refractivity contribution in [2.45, 2.75) is 33.2 Å². The lowest BCUT2D eigenvalue weighted by Gasteiger charge is -2.15. The van der Waals surface area contributed by atoms with Gasteiger partial charge < -0.3 is 10.5 Å². The first-order chi connectivity index (χ1) is 5.13. The lowest BCUT2D eigenvalue weighted by Crippen LogP contribution is -2.37. The SMILES string of the molecule is CCOC(=O)C(N)C(C)CC.Cl. The topological polar surface area (TPSA) is 52.3 Å². The first-order valence-corrected chi connectivity index (χ1v) is 4.05. The minimum atomic E-state index is -0.458. The summed E-state index contributed by atoms with van der Waals surface area (Å²) in [7, 11) is 0. The molecule has 2 atom stereocenters. The molecule has 0 rings (SSSR count). The van der Waals surface area contributed by atoms with Crippen LogP contribution < -0.4 is 5.73 Å². The van der Waals surface area contributed by atoms with Crippen LogP contribution in [0.15, 0.2) is 0 Å². The second kappa shape index (κ2) is 7.37. The maximum absolute atomic E-state index is 11.0. The van der Waals surface area contributed by atoms with E-state index in [0.29, 0.717) is 6.61 Å². The monoisotopic (exact) mass is 195 g/mol. The van der Waals surface area contributed by atoms with Gasteiger partial charge in [0.15, 0.2) is 0 Å². The third-order valence-corrected chi connectivity index (χ3v) is 1.82. The molecular weight excluding hydrogens is 178 g/mol. The first-order valence-electron chi connectivity index (χ1n) is 4.05. The molecule has 0 aliphatic rings. The van der Waals surface area contributed by atoms with Gasteiger partial charge in [0, 0.05) is 0 Å². The molecule has 0 aliphatic carbocycles. The van der Waals surface area contributed by atoms with Crippen molar-refractivity contribution in [3.8, 4) is 0 Å². The van der Waals surface area contributed by atoms with E-state index in [1.807, 2.05) is 13.8 Å². The van der Waals surface area contributed by atoms with Gasteiger partial charge in [0.1, 0.15) is 6.04 Å². The predicted molar refractivity (Wildman–Crippen MR) is 51.3 cm³/mol. The molecule has 0 aromatic carbocycles. The van der Waals surface area contributed by atoms with Crippen LogP contribution in [0, 0.1) is 5.92 Å². The summed E-state index contributed by atoms with van der Waals surface area (Å²) in [5.41, 5.74) is 5.58. The zero-order valence-corrected chi connectivity index (χ0v) is 8.69. The molecule has 0 fully saturated rings. The Kier molecular flexibility index (Phi) is 8.76. The number of esters is 1. The first kappa shape index (κ1) is 14.3. The number of hydrogen-bond donors (Lipinski definition) is 1. The lowest BCUT2D eigenvalue weighted by molar-refractivity contribution is -0.145. The van der Waals surface area contributed by atoms with Crippen molar-refractivity contribution in [1.29, 1.82) is 0 Å². The van der Waals surface area contributed by atoms with E-state index in [4.69, 9.17) is 10.5 Å². The van der Waals surface area contributed by atoms with E-state index in [9.17, 15) is 4.79 Å². The summed E-state index contributed by atoms with van der Waals surface area (Å²) in [6.45, 7) is 6.13. The van der Waals surface area contributed by atoms with Crippen LogP contribution in [0.3, 0.4) is 0 Å². The van der Waals surface area contributed by atoms with Gasteiger partial charge >= 0.3 is 5.97 Å². The number of hydrogen-bond acceptors (Lipinski definition) is 3. The Hall–Kier alpha value is -0.280. The smallest absolute Gasteiger partial charge is 0.323 e. The van der Waals surface area contributed by atoms with Gasteiger partial charge in [-0.05, 0) is 12.8 Å². The molecule has 0 bridgehead atoms. The highest BCUT2D eigenvalue weighted by molar-refractivity contribution is 5.85. The summed E-state index contributed by atoms with van der Waals surface area (Å²) in [4.78, 5) is 11.0. The predicted octanol–water partition coefficient (Wildman–Crippen LogP) is 1.34. The molecular formula is C8H18ClNO2. The highest BCUT2D eigenvalue weighted by Crippen LogP contribution is 2.06. The molecule has 2 N–H and O–H groups in total. The van der Waals surface area contributed by atoms with Crippen LogP contribution in [0.25, 0.3) is 0 Å². The van der Waals surface area contributed by atoms with E-state index in [-0.39, 0.29) is 24.3 Å². The summed E-state index contributed by atoms with van der Waals surface area (Å²) in [6.07, 6.45) is 0.903. The molecule has 12 heavy (non-hydrogen) atoms. The number of carbonyl (C=O) groups excluding carboxylic acids is 1. The standard InChI is InChI=1S/C8H17NO2.ClH/c1-4-6(3)7(9)8(10)11-5-2;/h6-7H,4-5,9H2,1-3H3;1H. The Morgan fingerprint density at radius 2 is 2.00 bits per heavy atom. The zero-order valence-electron chi connectivity index (χ0n) is 7.87. The molecule has 0 aromatic rings. The highest BCUT2D eigenvalue weighted by atomic mass is 35.5. The number of rotatable bonds is 4. The maximum atomic E-state index is 11.0. The van der Waals surface area contributed by atoms with Gasteiger partial charge in [-0.3, -0.25) is 4.79 Å². The lowest BCUT2D eigenvalue weighted by atomic mass is 10.0. The van der Waals surface area contributed by atoms with Crippen LogP contribution in [0.2, 0.25) is 0 Å². The van der Waals surface area contributed by atoms with Crippen molar-refractivity contribution in [3.05, 3.63) is 0 Å². The van der Waals surface area contributed by atoms with Crippen LogP contribution in [-0.4, -0.2) is 18.6 Å². The summed E-state index contributed by atoms with van der Waals surface area (Å²) >= 11 is 0. The van der Waals surface area contributed by atoms with Crippen LogP contribution in [0.1, 0.15) is 27.2 Å². The van der Waals surface area contributed by atoms with Crippen molar-refractivity contribution >= 4 is 18.4 Å². The number of nitrogens with two attached hydrogens (primary N) is 1. The Morgan fingerprint density at radius 3 is 2.33 bits per heavy atom. The van der Waals surface area contributed by atoms with Crippen molar-refractivity contribution < 1.29 is 9.53 Å². The van der Waals surface area contributed by atoms with Gasteiger partial charge in [-0.25, -0.2) is 0 Å². The molecule has 0 spiro atoms. The Labute approximate surface area is 80.1 Å². The molecule has 0 aromatic heterocycles. The van der Waals surface area contributed by atoms with Crippen LogP contribution in [-0.2, 0) is 9.53 Å². The molecule has 0 saturated carbocycles. The van der Waals surface area contributed by atoms with Gasteiger partial charge in [0.2, 0.25) is 0 Å². The van der Waals surface area contributed by atoms with E-state index in [1.54, 1.807) is 6.92 Å². The van der Waals surface area contributed by atoms with Crippen LogP contribution >= 0.6 is 12.4 Å². The quantitative estimate of drug-likeness (QED) is 0.689. The average molecular weight is 196 g/mol. The fraction of sp³-hybridized carbons (Fsp3) is 0.875.